The van der Waals surface area contributed by atoms with Crippen molar-refractivity contribution in [2.24, 2.45) is 5.92 Å². The van der Waals surface area contributed by atoms with Crippen molar-refractivity contribution >= 4 is 33.2 Å². The Morgan fingerprint density at radius 2 is 1.96 bits per heavy atom. The van der Waals surface area contributed by atoms with E-state index in [1.807, 2.05) is 0 Å². The van der Waals surface area contributed by atoms with Gasteiger partial charge in [0.05, 0.1) is 31.6 Å². The summed E-state index contributed by atoms with van der Waals surface area (Å²) in [4.78, 5) is 24.4. The summed E-state index contributed by atoms with van der Waals surface area (Å²) < 4.78 is 16.3. The Bertz CT molecular complexity index is 736. The van der Waals surface area contributed by atoms with Gasteiger partial charge in [0, 0.05) is 17.2 Å². The highest BCUT2D eigenvalue weighted by Crippen LogP contribution is 2.37. The number of benzene rings is 1. The predicted octanol–water partition coefficient (Wildman–Crippen LogP) is 2.66. The van der Waals surface area contributed by atoms with E-state index in [0.717, 1.165) is 10.1 Å². The van der Waals surface area contributed by atoms with Crippen LogP contribution in [0.2, 0.25) is 0 Å². The average molecular weight is 352 g/mol. The highest BCUT2D eigenvalue weighted by Gasteiger charge is 2.20. The van der Waals surface area contributed by atoms with Crippen molar-refractivity contribution < 1.29 is 28.9 Å². The van der Waals surface area contributed by atoms with Gasteiger partial charge >= 0.3 is 5.97 Å². The van der Waals surface area contributed by atoms with Crippen molar-refractivity contribution in [2.45, 2.75) is 13.3 Å². The molecule has 0 saturated carbocycles. The minimum absolute atomic E-state index is 0.0972. The number of aliphatic hydroxyl groups excluding tert-OH is 1. The van der Waals surface area contributed by atoms with Crippen molar-refractivity contribution in [3.8, 4) is 11.5 Å². The first kappa shape index (κ1) is 18.2. The number of Topliss-reactive ketones (excluding diaryl/α,β-unsaturated/α-hetero) is 1. The van der Waals surface area contributed by atoms with Gasteiger partial charge in [-0.2, -0.15) is 0 Å². The van der Waals surface area contributed by atoms with Crippen LogP contribution in [0.4, 0.5) is 0 Å². The monoisotopic (exact) mass is 352 g/mol. The quantitative estimate of drug-likeness (QED) is 0.581. The summed E-state index contributed by atoms with van der Waals surface area (Å²) in [5.41, 5.74) is 0. The number of rotatable bonds is 8. The first-order chi connectivity index (χ1) is 11.5. The van der Waals surface area contributed by atoms with E-state index in [4.69, 9.17) is 14.6 Å². The molecule has 2 aromatic rings. The molecule has 0 aliphatic rings. The molecule has 0 fully saturated rings. The molecule has 0 unspecified atom stereocenters. The maximum atomic E-state index is 12.4. The summed E-state index contributed by atoms with van der Waals surface area (Å²) in [6.45, 7) is 1.73. The van der Waals surface area contributed by atoms with Crippen LogP contribution in [0.1, 0.15) is 23.0 Å². The summed E-state index contributed by atoms with van der Waals surface area (Å²) in [6.07, 6.45) is 0.102. The molecular weight excluding hydrogens is 332 g/mol. The number of aliphatic hydroxyl groups is 1. The van der Waals surface area contributed by atoms with Gasteiger partial charge in [0.2, 0.25) is 0 Å². The maximum Gasteiger partial charge on any atom is 0.308 e. The van der Waals surface area contributed by atoms with Gasteiger partial charge in [0.25, 0.3) is 0 Å². The number of ketones is 1. The number of carbonyl (C=O) groups excluding carboxylic acids is 2. The summed E-state index contributed by atoms with van der Waals surface area (Å²) in [5.74, 6) is 0.0703. The lowest BCUT2D eigenvalue weighted by atomic mass is 10.0. The van der Waals surface area contributed by atoms with Crippen LogP contribution < -0.4 is 9.47 Å². The molecule has 1 atom stereocenters. The number of hydrogen-bond acceptors (Lipinski definition) is 7. The molecule has 1 N–H and O–H groups in total. The third-order valence-electron chi connectivity index (χ3n) is 3.52. The lowest BCUT2D eigenvalue weighted by Gasteiger charge is -2.09. The summed E-state index contributed by atoms with van der Waals surface area (Å²) >= 11 is 1.34. The molecule has 2 rings (SSSR count). The third-order valence-corrected chi connectivity index (χ3v) is 4.66. The molecular formula is C17H20O6S. The average Bonchev–Trinajstić information content (AvgIpc) is 3.00. The normalized spacial score (nSPS) is 12.0. The fourth-order valence-corrected chi connectivity index (χ4v) is 3.30. The Morgan fingerprint density at radius 3 is 2.58 bits per heavy atom. The van der Waals surface area contributed by atoms with Gasteiger partial charge in [0.1, 0.15) is 6.61 Å². The zero-order valence-electron chi connectivity index (χ0n) is 13.8. The van der Waals surface area contributed by atoms with Gasteiger partial charge in [-0.15, -0.1) is 11.3 Å². The molecule has 7 heteroatoms. The van der Waals surface area contributed by atoms with Crippen molar-refractivity contribution in [3.63, 3.8) is 0 Å². The lowest BCUT2D eigenvalue weighted by Crippen LogP contribution is -2.16. The third kappa shape index (κ3) is 4.04. The second kappa shape index (κ2) is 8.12. The number of fused-ring (bicyclic) bond motifs is 1. The van der Waals surface area contributed by atoms with Gasteiger partial charge in [-0.3, -0.25) is 9.59 Å². The molecule has 1 aromatic carbocycles. The number of hydrogen-bond donors (Lipinski definition) is 1. The summed E-state index contributed by atoms with van der Waals surface area (Å²) in [5, 5.41) is 9.73. The second-order valence-corrected chi connectivity index (χ2v) is 6.36. The van der Waals surface area contributed by atoms with Crippen LogP contribution in [-0.4, -0.2) is 44.3 Å². The minimum Gasteiger partial charge on any atom is -0.493 e. The molecule has 24 heavy (non-hydrogen) atoms. The molecule has 0 spiro atoms. The van der Waals surface area contributed by atoms with Gasteiger partial charge in [-0.25, -0.2) is 0 Å². The van der Waals surface area contributed by atoms with E-state index in [9.17, 15) is 9.59 Å². The van der Waals surface area contributed by atoms with Crippen molar-refractivity contribution in [2.75, 3.05) is 27.4 Å². The van der Waals surface area contributed by atoms with E-state index in [0.29, 0.717) is 16.4 Å². The highest BCUT2D eigenvalue weighted by atomic mass is 32.1. The molecule has 1 heterocycles. The number of thiophene rings is 1. The molecule has 0 aliphatic carbocycles. The van der Waals surface area contributed by atoms with Gasteiger partial charge in [0.15, 0.2) is 17.3 Å². The number of ether oxygens (including phenoxy) is 3. The first-order valence-corrected chi connectivity index (χ1v) is 8.28. The summed E-state index contributed by atoms with van der Waals surface area (Å²) in [7, 11) is 2.84. The Labute approximate surface area is 143 Å². The van der Waals surface area contributed by atoms with Crippen LogP contribution in [0, 0.1) is 5.92 Å². The van der Waals surface area contributed by atoms with E-state index in [-0.39, 0.29) is 25.4 Å². The molecule has 0 radical (unpaired) electrons. The molecule has 0 bridgehead atoms. The topological polar surface area (TPSA) is 82.1 Å². The Kier molecular flexibility index (Phi) is 6.16. The zero-order valence-corrected chi connectivity index (χ0v) is 14.6. The van der Waals surface area contributed by atoms with E-state index >= 15 is 0 Å². The van der Waals surface area contributed by atoms with E-state index in [1.54, 1.807) is 25.1 Å². The van der Waals surface area contributed by atoms with Crippen molar-refractivity contribution in [1.29, 1.82) is 0 Å². The van der Waals surface area contributed by atoms with Crippen molar-refractivity contribution in [3.05, 3.63) is 23.1 Å². The van der Waals surface area contributed by atoms with Gasteiger partial charge < -0.3 is 19.3 Å². The van der Waals surface area contributed by atoms with E-state index < -0.39 is 11.9 Å². The largest absolute Gasteiger partial charge is 0.493 e. The fourth-order valence-electron chi connectivity index (χ4n) is 2.28. The zero-order chi connectivity index (χ0) is 17.7. The molecule has 130 valence electrons. The van der Waals surface area contributed by atoms with E-state index in [2.05, 4.69) is 4.74 Å². The maximum absolute atomic E-state index is 12.4. The minimum atomic E-state index is -0.481. The van der Waals surface area contributed by atoms with Crippen LogP contribution in [0.3, 0.4) is 0 Å². The molecule has 0 aliphatic heterocycles. The standard InChI is InChI=1S/C17H20O6S/c1-10(17(20)22-3)6-12(19)16-8-11-7-14(23-5-4-18)13(21-2)9-15(11)24-16/h7-10,18H,4-6H2,1-3H3/t10-/m0/s1. The molecule has 6 nitrogen and oxygen atoms in total. The fraction of sp³-hybridized carbons (Fsp3) is 0.412. The number of esters is 1. The van der Waals surface area contributed by atoms with Crippen LogP contribution in [0.5, 0.6) is 11.5 Å². The predicted molar refractivity (Wildman–Crippen MR) is 91.1 cm³/mol. The number of methoxy groups -OCH3 is 2. The van der Waals surface area contributed by atoms with Gasteiger partial charge in [-0.1, -0.05) is 6.92 Å². The van der Waals surface area contributed by atoms with Crippen LogP contribution >= 0.6 is 11.3 Å². The van der Waals surface area contributed by atoms with Gasteiger partial charge in [-0.05, 0) is 17.5 Å². The first-order valence-electron chi connectivity index (χ1n) is 7.46. The van der Waals surface area contributed by atoms with Crippen LogP contribution in [0.25, 0.3) is 10.1 Å². The van der Waals surface area contributed by atoms with Crippen molar-refractivity contribution in [1.82, 2.24) is 0 Å². The van der Waals surface area contributed by atoms with E-state index in [1.165, 1.54) is 25.6 Å². The Morgan fingerprint density at radius 1 is 1.21 bits per heavy atom. The Hall–Kier alpha value is -2.12. The lowest BCUT2D eigenvalue weighted by molar-refractivity contribution is -0.144. The number of carbonyl (C=O) groups is 2. The van der Waals surface area contributed by atoms with Crippen LogP contribution in [-0.2, 0) is 9.53 Å². The Balaban J connectivity index is 2.26. The van der Waals surface area contributed by atoms with Crippen LogP contribution in [0.15, 0.2) is 18.2 Å². The summed E-state index contributed by atoms with van der Waals surface area (Å²) in [6, 6.07) is 5.35. The highest BCUT2D eigenvalue weighted by molar-refractivity contribution is 7.20. The smallest absolute Gasteiger partial charge is 0.308 e. The molecule has 0 saturated heterocycles. The molecule has 1 aromatic heterocycles. The SMILES string of the molecule is COC(=O)[C@@H](C)CC(=O)c1cc2cc(OCCO)c(OC)cc2s1. The second-order valence-electron chi connectivity index (χ2n) is 5.28. The molecule has 0 amide bonds.